The van der Waals surface area contributed by atoms with Crippen LogP contribution >= 0.6 is 11.6 Å². The summed E-state index contributed by atoms with van der Waals surface area (Å²) in [7, 11) is 4.08. The number of hydrogen-bond donors (Lipinski definition) is 0. The molecule has 0 saturated carbocycles. The number of nitrogens with zero attached hydrogens (tertiary/aromatic N) is 1. The van der Waals surface area contributed by atoms with E-state index in [4.69, 9.17) is 16.3 Å². The first-order chi connectivity index (χ1) is 9.15. The smallest absolute Gasteiger partial charge is 0.136 e. The van der Waals surface area contributed by atoms with Gasteiger partial charge >= 0.3 is 0 Å². The number of benzene rings is 2. The maximum atomic E-state index is 6.07. The van der Waals surface area contributed by atoms with E-state index >= 15 is 0 Å². The Labute approximate surface area is 119 Å². The van der Waals surface area contributed by atoms with Crippen LogP contribution in [-0.4, -0.2) is 25.5 Å². The summed E-state index contributed by atoms with van der Waals surface area (Å²) < 4.78 is 6.07. The number of para-hydroxylation sites is 1. The Kier molecular flexibility index (Phi) is 4.83. The predicted molar refractivity (Wildman–Crippen MR) is 79.8 cm³/mol. The third-order valence-electron chi connectivity index (χ3n) is 2.79. The molecule has 1 unspecified atom stereocenters. The average Bonchev–Trinajstić information content (AvgIpc) is 2.39. The number of ether oxygens (including phenoxy) is 1. The molecular weight excluding hydrogens is 258 g/mol. The van der Waals surface area contributed by atoms with Crippen LogP contribution in [0.25, 0.3) is 0 Å². The van der Waals surface area contributed by atoms with Crippen molar-refractivity contribution < 1.29 is 4.74 Å². The monoisotopic (exact) mass is 275 g/mol. The second-order valence-corrected chi connectivity index (χ2v) is 5.17. The van der Waals surface area contributed by atoms with E-state index in [1.165, 1.54) is 0 Å². The molecule has 0 amide bonds. The van der Waals surface area contributed by atoms with Crippen LogP contribution in [0.5, 0.6) is 5.75 Å². The summed E-state index contributed by atoms with van der Waals surface area (Å²) >= 11 is 5.93. The summed E-state index contributed by atoms with van der Waals surface area (Å²) in [6.45, 7) is 0.816. The molecule has 3 heteroatoms. The van der Waals surface area contributed by atoms with Crippen molar-refractivity contribution in [3.63, 3.8) is 0 Å². The van der Waals surface area contributed by atoms with Gasteiger partial charge in [-0.25, -0.2) is 0 Å². The molecule has 2 aromatic carbocycles. The van der Waals surface area contributed by atoms with Crippen LogP contribution in [0.15, 0.2) is 54.6 Å². The van der Waals surface area contributed by atoms with Crippen LogP contribution in [0.2, 0.25) is 5.02 Å². The zero-order valence-electron chi connectivity index (χ0n) is 11.2. The fraction of sp³-hybridized carbons (Fsp3) is 0.250. The lowest BCUT2D eigenvalue weighted by molar-refractivity contribution is 0.162. The summed E-state index contributed by atoms with van der Waals surface area (Å²) in [5.74, 6) is 0.879. The van der Waals surface area contributed by atoms with E-state index in [1.54, 1.807) is 0 Å². The largest absolute Gasteiger partial charge is 0.484 e. The maximum Gasteiger partial charge on any atom is 0.136 e. The minimum Gasteiger partial charge on any atom is -0.484 e. The highest BCUT2D eigenvalue weighted by Crippen LogP contribution is 2.23. The molecule has 100 valence electrons. The fourth-order valence-corrected chi connectivity index (χ4v) is 2.01. The summed E-state index contributed by atoms with van der Waals surface area (Å²) in [5, 5.41) is 0.743. The van der Waals surface area contributed by atoms with E-state index in [9.17, 15) is 0 Å². The van der Waals surface area contributed by atoms with Crippen LogP contribution in [0.4, 0.5) is 0 Å². The van der Waals surface area contributed by atoms with Gasteiger partial charge in [-0.1, -0.05) is 41.9 Å². The van der Waals surface area contributed by atoms with Gasteiger partial charge in [-0.05, 0) is 43.9 Å². The summed E-state index contributed by atoms with van der Waals surface area (Å²) in [5.41, 5.74) is 1.13. The van der Waals surface area contributed by atoms with Gasteiger partial charge in [0.2, 0.25) is 0 Å². The Morgan fingerprint density at radius 3 is 2.21 bits per heavy atom. The van der Waals surface area contributed by atoms with Gasteiger partial charge in [-0.3, -0.25) is 0 Å². The Morgan fingerprint density at radius 2 is 1.63 bits per heavy atom. The zero-order valence-corrected chi connectivity index (χ0v) is 12.0. The molecular formula is C16H18ClNO. The molecule has 0 aliphatic heterocycles. The molecule has 0 saturated heterocycles. The van der Waals surface area contributed by atoms with E-state index < -0.39 is 0 Å². The van der Waals surface area contributed by atoms with E-state index in [2.05, 4.69) is 4.90 Å². The van der Waals surface area contributed by atoms with Crippen molar-refractivity contribution in [2.45, 2.75) is 6.10 Å². The molecule has 2 nitrogen and oxygen atoms in total. The molecule has 0 spiro atoms. The Bertz CT molecular complexity index is 496. The fourth-order valence-electron chi connectivity index (χ4n) is 1.88. The molecule has 0 radical (unpaired) electrons. The third kappa shape index (κ3) is 4.27. The Balaban J connectivity index is 2.18. The number of rotatable bonds is 5. The normalized spacial score (nSPS) is 12.4. The van der Waals surface area contributed by atoms with E-state index in [-0.39, 0.29) is 6.10 Å². The van der Waals surface area contributed by atoms with Gasteiger partial charge in [0.25, 0.3) is 0 Å². The highest BCUT2D eigenvalue weighted by atomic mass is 35.5. The Morgan fingerprint density at radius 1 is 1.00 bits per heavy atom. The van der Waals surface area contributed by atoms with Crippen molar-refractivity contribution in [2.24, 2.45) is 0 Å². The molecule has 2 aromatic rings. The molecule has 0 aliphatic rings. The van der Waals surface area contributed by atoms with Gasteiger partial charge in [0.15, 0.2) is 0 Å². The van der Waals surface area contributed by atoms with Crippen molar-refractivity contribution in [3.05, 3.63) is 65.2 Å². The quantitative estimate of drug-likeness (QED) is 0.817. The van der Waals surface area contributed by atoms with Crippen molar-refractivity contribution in [3.8, 4) is 5.75 Å². The zero-order chi connectivity index (χ0) is 13.7. The molecule has 0 aromatic heterocycles. The highest BCUT2D eigenvalue weighted by molar-refractivity contribution is 6.30. The van der Waals surface area contributed by atoms with Gasteiger partial charge < -0.3 is 9.64 Å². The van der Waals surface area contributed by atoms with Gasteiger partial charge in [0, 0.05) is 11.6 Å². The van der Waals surface area contributed by atoms with Gasteiger partial charge in [-0.15, -0.1) is 0 Å². The first-order valence-electron chi connectivity index (χ1n) is 6.27. The molecule has 0 heterocycles. The number of halogens is 1. The first-order valence-corrected chi connectivity index (χ1v) is 6.65. The molecule has 0 bridgehead atoms. The average molecular weight is 276 g/mol. The van der Waals surface area contributed by atoms with Crippen LogP contribution in [0, 0.1) is 0 Å². The second-order valence-electron chi connectivity index (χ2n) is 4.73. The van der Waals surface area contributed by atoms with Gasteiger partial charge in [0.05, 0.1) is 0 Å². The highest BCUT2D eigenvalue weighted by Gasteiger charge is 2.14. The minimum absolute atomic E-state index is 0.00494. The lowest BCUT2D eigenvalue weighted by atomic mass is 10.1. The summed E-state index contributed by atoms with van der Waals surface area (Å²) in [4.78, 5) is 2.11. The SMILES string of the molecule is CN(C)CC(Oc1ccccc1)c1ccc(Cl)cc1. The predicted octanol–water partition coefficient (Wildman–Crippen LogP) is 4.02. The van der Waals surface area contributed by atoms with Crippen molar-refractivity contribution in [1.82, 2.24) is 4.90 Å². The van der Waals surface area contributed by atoms with Gasteiger partial charge in [-0.2, -0.15) is 0 Å². The van der Waals surface area contributed by atoms with E-state index in [1.807, 2.05) is 68.7 Å². The molecule has 0 N–H and O–H groups in total. The van der Waals surface area contributed by atoms with Crippen LogP contribution in [0.3, 0.4) is 0 Å². The summed E-state index contributed by atoms with van der Waals surface area (Å²) in [6.07, 6.45) is -0.00494. The minimum atomic E-state index is -0.00494. The topological polar surface area (TPSA) is 12.5 Å². The van der Waals surface area contributed by atoms with Crippen LogP contribution in [0.1, 0.15) is 11.7 Å². The van der Waals surface area contributed by atoms with Crippen molar-refractivity contribution >= 4 is 11.6 Å². The lowest BCUT2D eigenvalue weighted by Gasteiger charge is -2.23. The van der Waals surface area contributed by atoms with E-state index in [0.29, 0.717) is 0 Å². The Hall–Kier alpha value is -1.51. The first kappa shape index (κ1) is 13.9. The molecule has 2 rings (SSSR count). The number of hydrogen-bond acceptors (Lipinski definition) is 2. The molecule has 1 atom stereocenters. The standard InChI is InChI=1S/C16H18ClNO/c1-18(2)12-16(13-8-10-14(17)11-9-13)19-15-6-4-3-5-7-15/h3-11,16H,12H2,1-2H3. The lowest BCUT2D eigenvalue weighted by Crippen LogP contribution is -2.24. The molecule has 0 fully saturated rings. The van der Waals surface area contributed by atoms with Crippen LogP contribution < -0.4 is 4.74 Å². The van der Waals surface area contributed by atoms with Gasteiger partial charge in [0.1, 0.15) is 11.9 Å². The third-order valence-corrected chi connectivity index (χ3v) is 3.05. The second kappa shape index (κ2) is 6.60. The summed E-state index contributed by atoms with van der Waals surface area (Å²) in [6, 6.07) is 17.7. The van der Waals surface area contributed by atoms with Crippen LogP contribution in [-0.2, 0) is 0 Å². The maximum absolute atomic E-state index is 6.07. The molecule has 0 aliphatic carbocycles. The van der Waals surface area contributed by atoms with Crippen molar-refractivity contribution in [2.75, 3.05) is 20.6 Å². The van der Waals surface area contributed by atoms with E-state index in [0.717, 1.165) is 22.9 Å². The number of likely N-dealkylation sites (N-methyl/N-ethyl adjacent to an activating group) is 1. The van der Waals surface area contributed by atoms with Crippen molar-refractivity contribution in [1.29, 1.82) is 0 Å². The molecule has 19 heavy (non-hydrogen) atoms.